The van der Waals surface area contributed by atoms with E-state index in [1.165, 1.54) is 11.1 Å². The second kappa shape index (κ2) is 4.80. The Kier molecular flexibility index (Phi) is 3.01. The van der Waals surface area contributed by atoms with Gasteiger partial charge in [-0.2, -0.15) is 0 Å². The molecule has 0 spiro atoms. The van der Waals surface area contributed by atoms with Crippen molar-refractivity contribution in [2.45, 2.75) is 12.8 Å². The van der Waals surface area contributed by atoms with Crippen LogP contribution in [-0.2, 0) is 0 Å². The van der Waals surface area contributed by atoms with Crippen LogP contribution < -0.4 is 14.8 Å². The van der Waals surface area contributed by atoms with Crippen molar-refractivity contribution in [3.63, 3.8) is 0 Å². The molecule has 17 heavy (non-hydrogen) atoms. The predicted molar refractivity (Wildman–Crippen MR) is 67.5 cm³/mol. The normalized spacial score (nSPS) is 19.4. The molecule has 1 aromatic carbocycles. The maximum atomic E-state index is 5.62. The van der Waals surface area contributed by atoms with E-state index < -0.39 is 0 Å². The molecule has 0 amide bonds. The van der Waals surface area contributed by atoms with E-state index in [-0.39, 0.29) is 0 Å². The number of ether oxygens (including phenoxy) is 2. The van der Waals surface area contributed by atoms with Gasteiger partial charge in [0.2, 0.25) is 0 Å². The van der Waals surface area contributed by atoms with Crippen molar-refractivity contribution in [3.05, 3.63) is 29.8 Å². The SMILES string of the molecule is C1=C(c2ccc3c(c2)OCCO3)CCNCC1. The molecule has 0 atom stereocenters. The summed E-state index contributed by atoms with van der Waals surface area (Å²) in [4.78, 5) is 0. The monoisotopic (exact) mass is 231 g/mol. The maximum absolute atomic E-state index is 5.62. The Bertz CT molecular complexity index is 440. The van der Waals surface area contributed by atoms with Crippen molar-refractivity contribution in [2.75, 3.05) is 26.3 Å². The first-order valence-electron chi connectivity index (χ1n) is 6.23. The lowest BCUT2D eigenvalue weighted by Crippen LogP contribution is -2.15. The van der Waals surface area contributed by atoms with Crippen LogP contribution in [0.15, 0.2) is 24.3 Å². The van der Waals surface area contributed by atoms with Crippen LogP contribution in [0.5, 0.6) is 11.5 Å². The Morgan fingerprint density at radius 1 is 1.00 bits per heavy atom. The standard InChI is InChI=1S/C14H17NO2/c1-2-11(5-7-15-6-1)12-3-4-13-14(10-12)17-9-8-16-13/h2-4,10,15H,1,5-9H2. The van der Waals surface area contributed by atoms with Crippen LogP contribution in [0.4, 0.5) is 0 Å². The Morgan fingerprint density at radius 3 is 2.82 bits per heavy atom. The minimum absolute atomic E-state index is 0.650. The molecule has 0 bridgehead atoms. The van der Waals surface area contributed by atoms with E-state index in [1.807, 2.05) is 6.07 Å². The lowest BCUT2D eigenvalue weighted by molar-refractivity contribution is 0.171. The van der Waals surface area contributed by atoms with Gasteiger partial charge in [0, 0.05) is 0 Å². The molecule has 0 radical (unpaired) electrons. The van der Waals surface area contributed by atoms with Gasteiger partial charge < -0.3 is 14.8 Å². The van der Waals surface area contributed by atoms with Crippen molar-refractivity contribution in [1.29, 1.82) is 0 Å². The zero-order chi connectivity index (χ0) is 11.5. The lowest BCUT2D eigenvalue weighted by Gasteiger charge is -2.19. The molecule has 3 nitrogen and oxygen atoms in total. The smallest absolute Gasteiger partial charge is 0.161 e. The average Bonchev–Trinajstić information content (AvgIpc) is 2.67. The molecular formula is C14H17NO2. The first-order chi connectivity index (χ1) is 8.43. The molecule has 0 saturated carbocycles. The predicted octanol–water partition coefficient (Wildman–Crippen LogP) is 2.22. The summed E-state index contributed by atoms with van der Waals surface area (Å²) in [5.74, 6) is 1.75. The summed E-state index contributed by atoms with van der Waals surface area (Å²) >= 11 is 0. The summed E-state index contributed by atoms with van der Waals surface area (Å²) in [6, 6.07) is 6.25. The molecule has 2 aliphatic rings. The van der Waals surface area contributed by atoms with Crippen molar-refractivity contribution in [3.8, 4) is 11.5 Å². The molecule has 0 unspecified atom stereocenters. The zero-order valence-corrected chi connectivity index (χ0v) is 9.87. The van der Waals surface area contributed by atoms with Gasteiger partial charge in [-0.3, -0.25) is 0 Å². The Morgan fingerprint density at radius 2 is 1.88 bits per heavy atom. The Hall–Kier alpha value is -1.48. The van der Waals surface area contributed by atoms with Gasteiger partial charge >= 0.3 is 0 Å². The highest BCUT2D eigenvalue weighted by Gasteiger charge is 2.13. The fourth-order valence-electron chi connectivity index (χ4n) is 2.30. The highest BCUT2D eigenvalue weighted by Crippen LogP contribution is 2.33. The van der Waals surface area contributed by atoms with Crippen LogP contribution in [0.3, 0.4) is 0 Å². The van der Waals surface area contributed by atoms with Gasteiger partial charge in [-0.15, -0.1) is 0 Å². The molecule has 0 aromatic heterocycles. The van der Waals surface area contributed by atoms with E-state index >= 15 is 0 Å². The van der Waals surface area contributed by atoms with Gasteiger partial charge in [-0.1, -0.05) is 12.1 Å². The van der Waals surface area contributed by atoms with E-state index in [0.29, 0.717) is 13.2 Å². The molecule has 0 aliphatic carbocycles. The Labute approximate surface area is 101 Å². The molecule has 2 aliphatic heterocycles. The zero-order valence-electron chi connectivity index (χ0n) is 9.87. The minimum Gasteiger partial charge on any atom is -0.486 e. The molecular weight excluding hydrogens is 214 g/mol. The Balaban J connectivity index is 1.89. The van der Waals surface area contributed by atoms with Crippen molar-refractivity contribution in [2.24, 2.45) is 0 Å². The molecule has 1 N–H and O–H groups in total. The molecule has 3 heteroatoms. The number of fused-ring (bicyclic) bond motifs is 1. The number of hydrogen-bond acceptors (Lipinski definition) is 3. The fourth-order valence-corrected chi connectivity index (χ4v) is 2.30. The van der Waals surface area contributed by atoms with Crippen LogP contribution in [0.2, 0.25) is 0 Å². The number of hydrogen-bond donors (Lipinski definition) is 1. The van der Waals surface area contributed by atoms with E-state index in [0.717, 1.165) is 37.4 Å². The lowest BCUT2D eigenvalue weighted by atomic mass is 10.0. The van der Waals surface area contributed by atoms with Crippen molar-refractivity contribution >= 4 is 5.57 Å². The molecule has 0 saturated heterocycles. The summed E-state index contributed by atoms with van der Waals surface area (Å²) in [5.41, 5.74) is 2.67. The fraction of sp³-hybridized carbons (Fsp3) is 0.429. The van der Waals surface area contributed by atoms with E-state index in [2.05, 4.69) is 23.5 Å². The van der Waals surface area contributed by atoms with E-state index in [1.54, 1.807) is 0 Å². The van der Waals surface area contributed by atoms with Gasteiger partial charge in [-0.05, 0) is 49.2 Å². The minimum atomic E-state index is 0.650. The summed E-state index contributed by atoms with van der Waals surface area (Å²) in [7, 11) is 0. The second-order valence-electron chi connectivity index (χ2n) is 4.38. The molecule has 1 aromatic rings. The topological polar surface area (TPSA) is 30.5 Å². The van der Waals surface area contributed by atoms with Crippen molar-refractivity contribution < 1.29 is 9.47 Å². The van der Waals surface area contributed by atoms with Gasteiger partial charge in [-0.25, -0.2) is 0 Å². The van der Waals surface area contributed by atoms with Gasteiger partial charge in [0.25, 0.3) is 0 Å². The first kappa shape index (κ1) is 10.7. The van der Waals surface area contributed by atoms with Crippen LogP contribution in [0.1, 0.15) is 18.4 Å². The summed E-state index contributed by atoms with van der Waals surface area (Å²) in [6.45, 7) is 3.43. The number of benzene rings is 1. The summed E-state index contributed by atoms with van der Waals surface area (Å²) in [5, 5.41) is 3.40. The molecule has 2 heterocycles. The van der Waals surface area contributed by atoms with Crippen LogP contribution in [0.25, 0.3) is 5.57 Å². The molecule has 3 rings (SSSR count). The van der Waals surface area contributed by atoms with Gasteiger partial charge in [0.1, 0.15) is 13.2 Å². The first-order valence-corrected chi connectivity index (χ1v) is 6.23. The van der Waals surface area contributed by atoms with Gasteiger partial charge in [0.05, 0.1) is 0 Å². The third kappa shape index (κ3) is 2.29. The largest absolute Gasteiger partial charge is 0.486 e. The van der Waals surface area contributed by atoms with E-state index in [9.17, 15) is 0 Å². The summed E-state index contributed by atoms with van der Waals surface area (Å²) in [6.07, 6.45) is 4.51. The highest BCUT2D eigenvalue weighted by molar-refractivity contribution is 5.68. The average molecular weight is 231 g/mol. The summed E-state index contributed by atoms with van der Waals surface area (Å²) < 4.78 is 11.2. The quantitative estimate of drug-likeness (QED) is 0.804. The third-order valence-electron chi connectivity index (χ3n) is 3.20. The maximum Gasteiger partial charge on any atom is 0.161 e. The van der Waals surface area contributed by atoms with Crippen LogP contribution in [-0.4, -0.2) is 26.3 Å². The molecule has 90 valence electrons. The number of rotatable bonds is 1. The molecule has 0 fully saturated rings. The van der Waals surface area contributed by atoms with Crippen LogP contribution >= 0.6 is 0 Å². The third-order valence-corrected chi connectivity index (χ3v) is 3.20. The van der Waals surface area contributed by atoms with E-state index in [4.69, 9.17) is 9.47 Å². The second-order valence-corrected chi connectivity index (χ2v) is 4.38. The van der Waals surface area contributed by atoms with Crippen molar-refractivity contribution in [1.82, 2.24) is 5.32 Å². The number of nitrogens with one attached hydrogen (secondary N) is 1. The highest BCUT2D eigenvalue weighted by atomic mass is 16.6. The van der Waals surface area contributed by atoms with Gasteiger partial charge in [0.15, 0.2) is 11.5 Å². The van der Waals surface area contributed by atoms with Crippen LogP contribution in [0, 0.1) is 0 Å².